The fourth-order valence-electron chi connectivity index (χ4n) is 2.57. The summed E-state index contributed by atoms with van der Waals surface area (Å²) < 4.78 is 13.4. The van der Waals surface area contributed by atoms with E-state index in [4.69, 9.17) is 17.0 Å². The quantitative estimate of drug-likeness (QED) is 0.583. The molecular formula is C16H22ClFN4O. The summed E-state index contributed by atoms with van der Waals surface area (Å²) in [5, 5.41) is 13.8. The zero-order valence-corrected chi connectivity index (χ0v) is 13.9. The molecule has 0 spiro atoms. The van der Waals surface area contributed by atoms with Gasteiger partial charge < -0.3 is 15.5 Å². The molecule has 0 radical (unpaired) electrons. The maximum absolute atomic E-state index is 13.4. The maximum atomic E-state index is 13.4. The number of piperidine rings is 1. The minimum Gasteiger partial charge on any atom is -0.356 e. The predicted molar refractivity (Wildman–Crippen MR) is 90.4 cm³/mol. The zero-order chi connectivity index (χ0) is 16.8. The molecule has 5 nitrogen and oxygen atoms in total. The van der Waals surface area contributed by atoms with Gasteiger partial charge in [-0.2, -0.15) is 0 Å². The monoisotopic (exact) mass is 340 g/mol. The van der Waals surface area contributed by atoms with Crippen LogP contribution in [0.4, 0.5) is 10.1 Å². The smallest absolute Gasteiger partial charge is 0.229 e. The minimum atomic E-state index is -0.555. The molecule has 0 aliphatic carbocycles. The Morgan fingerprint density at radius 1 is 1.52 bits per heavy atom. The standard InChI is InChI=1S/C16H22ClFN4O/c1-2-7-20-16(19)22-8-3-4-11(10-22)15(23)21-12-5-6-13(17)14(18)9-12/h5-6,9,11H,2-4,7-8,10H2,1H3,(H2,19,20)(H,21,23)/t11-/m0/s1. The Labute approximate surface area is 140 Å². The van der Waals surface area contributed by atoms with Crippen LogP contribution in [-0.2, 0) is 4.79 Å². The van der Waals surface area contributed by atoms with Crippen LogP contribution in [0.1, 0.15) is 26.2 Å². The molecule has 2 rings (SSSR count). The van der Waals surface area contributed by atoms with E-state index in [-0.39, 0.29) is 16.8 Å². The molecular weight excluding hydrogens is 319 g/mol. The highest BCUT2D eigenvalue weighted by atomic mass is 35.5. The second kappa shape index (κ2) is 8.15. The average molecular weight is 341 g/mol. The summed E-state index contributed by atoms with van der Waals surface area (Å²) in [4.78, 5) is 14.2. The lowest BCUT2D eigenvalue weighted by atomic mass is 9.97. The number of hydrogen-bond donors (Lipinski definition) is 3. The van der Waals surface area contributed by atoms with Crippen molar-refractivity contribution in [3.8, 4) is 0 Å². The van der Waals surface area contributed by atoms with E-state index in [9.17, 15) is 9.18 Å². The normalized spacial score (nSPS) is 17.7. The number of likely N-dealkylation sites (tertiary alicyclic amines) is 1. The molecule has 1 atom stereocenters. The van der Waals surface area contributed by atoms with Crippen LogP contribution in [0.25, 0.3) is 0 Å². The second-order valence-electron chi connectivity index (χ2n) is 5.68. The molecule has 0 saturated carbocycles. The number of hydrogen-bond acceptors (Lipinski definition) is 2. The van der Waals surface area contributed by atoms with Gasteiger partial charge in [0.05, 0.1) is 10.9 Å². The lowest BCUT2D eigenvalue weighted by molar-refractivity contribution is -0.121. The number of nitrogens with zero attached hydrogens (tertiary/aromatic N) is 1. The summed E-state index contributed by atoms with van der Waals surface area (Å²) >= 11 is 5.64. The van der Waals surface area contributed by atoms with E-state index in [0.29, 0.717) is 18.2 Å². The van der Waals surface area contributed by atoms with Gasteiger partial charge in [0, 0.05) is 25.3 Å². The first-order valence-electron chi connectivity index (χ1n) is 7.84. The van der Waals surface area contributed by atoms with Crippen LogP contribution in [0.2, 0.25) is 5.02 Å². The molecule has 1 saturated heterocycles. The number of halogens is 2. The summed E-state index contributed by atoms with van der Waals surface area (Å²) in [7, 11) is 0. The summed E-state index contributed by atoms with van der Waals surface area (Å²) in [5.41, 5.74) is 0.396. The number of nitrogens with one attached hydrogen (secondary N) is 3. The van der Waals surface area contributed by atoms with Crippen molar-refractivity contribution in [1.82, 2.24) is 10.2 Å². The van der Waals surface area contributed by atoms with Crippen molar-refractivity contribution in [2.45, 2.75) is 26.2 Å². The molecule has 0 bridgehead atoms. The molecule has 1 fully saturated rings. The molecule has 1 aliphatic heterocycles. The highest BCUT2D eigenvalue weighted by Crippen LogP contribution is 2.21. The highest BCUT2D eigenvalue weighted by Gasteiger charge is 2.27. The predicted octanol–water partition coefficient (Wildman–Crippen LogP) is 3.06. The topological polar surface area (TPSA) is 68.2 Å². The molecule has 1 aromatic rings. The molecule has 3 N–H and O–H groups in total. The number of rotatable bonds is 4. The molecule has 0 unspecified atom stereocenters. The van der Waals surface area contributed by atoms with Gasteiger partial charge in [-0.1, -0.05) is 18.5 Å². The molecule has 23 heavy (non-hydrogen) atoms. The van der Waals surface area contributed by atoms with Crippen LogP contribution in [-0.4, -0.2) is 36.4 Å². The maximum Gasteiger partial charge on any atom is 0.229 e. The fourth-order valence-corrected chi connectivity index (χ4v) is 2.69. The van der Waals surface area contributed by atoms with Gasteiger partial charge in [0.15, 0.2) is 5.96 Å². The first kappa shape index (κ1) is 17.5. The van der Waals surface area contributed by atoms with Gasteiger partial charge in [-0.05, 0) is 37.5 Å². The summed E-state index contributed by atoms with van der Waals surface area (Å²) in [5.74, 6) is -0.562. The van der Waals surface area contributed by atoms with E-state index in [1.54, 1.807) is 6.07 Å². The van der Waals surface area contributed by atoms with E-state index in [2.05, 4.69) is 10.6 Å². The first-order chi connectivity index (χ1) is 11.0. The molecule has 1 heterocycles. The van der Waals surface area contributed by atoms with Crippen molar-refractivity contribution in [3.63, 3.8) is 0 Å². The first-order valence-corrected chi connectivity index (χ1v) is 8.22. The van der Waals surface area contributed by atoms with E-state index in [1.165, 1.54) is 12.1 Å². The molecule has 1 aromatic carbocycles. The number of amides is 1. The van der Waals surface area contributed by atoms with Gasteiger partial charge in [0.1, 0.15) is 5.82 Å². The Balaban J connectivity index is 1.93. The largest absolute Gasteiger partial charge is 0.356 e. The Kier molecular flexibility index (Phi) is 6.21. The number of anilines is 1. The van der Waals surface area contributed by atoms with Crippen molar-refractivity contribution >= 4 is 29.2 Å². The van der Waals surface area contributed by atoms with Crippen molar-refractivity contribution < 1.29 is 9.18 Å². The third-order valence-corrected chi connectivity index (χ3v) is 4.14. The van der Waals surface area contributed by atoms with Gasteiger partial charge in [-0.3, -0.25) is 10.2 Å². The van der Waals surface area contributed by atoms with Gasteiger partial charge in [-0.25, -0.2) is 4.39 Å². The molecule has 0 aromatic heterocycles. The number of benzene rings is 1. The average Bonchev–Trinajstić information content (AvgIpc) is 2.56. The number of carbonyl (C=O) groups excluding carboxylic acids is 1. The Hall–Kier alpha value is -1.82. The third-order valence-electron chi connectivity index (χ3n) is 3.84. The van der Waals surface area contributed by atoms with E-state index < -0.39 is 5.82 Å². The van der Waals surface area contributed by atoms with Crippen LogP contribution < -0.4 is 10.6 Å². The summed E-state index contributed by atoms with van der Waals surface area (Å²) in [6.45, 7) is 4.06. The molecule has 126 valence electrons. The second-order valence-corrected chi connectivity index (χ2v) is 6.09. The van der Waals surface area contributed by atoms with Crippen molar-refractivity contribution in [1.29, 1.82) is 5.41 Å². The Morgan fingerprint density at radius 2 is 2.30 bits per heavy atom. The van der Waals surface area contributed by atoms with Gasteiger partial charge in [-0.15, -0.1) is 0 Å². The van der Waals surface area contributed by atoms with E-state index in [1.807, 2.05) is 11.8 Å². The van der Waals surface area contributed by atoms with Gasteiger partial charge >= 0.3 is 0 Å². The van der Waals surface area contributed by atoms with Crippen molar-refractivity contribution in [3.05, 3.63) is 29.0 Å². The molecule has 1 amide bonds. The van der Waals surface area contributed by atoms with Crippen molar-refractivity contribution in [2.75, 3.05) is 25.0 Å². The number of carbonyl (C=O) groups is 1. The van der Waals surface area contributed by atoms with E-state index in [0.717, 1.165) is 32.4 Å². The van der Waals surface area contributed by atoms with Gasteiger partial charge in [0.2, 0.25) is 5.91 Å². The van der Waals surface area contributed by atoms with Crippen LogP contribution in [0.15, 0.2) is 18.2 Å². The van der Waals surface area contributed by atoms with Crippen LogP contribution >= 0.6 is 11.6 Å². The zero-order valence-electron chi connectivity index (χ0n) is 13.2. The number of guanidine groups is 1. The Morgan fingerprint density at radius 3 is 3.00 bits per heavy atom. The van der Waals surface area contributed by atoms with Crippen LogP contribution in [0.3, 0.4) is 0 Å². The minimum absolute atomic E-state index is 0.0299. The lowest BCUT2D eigenvalue weighted by Crippen LogP contribution is -2.48. The molecule has 1 aliphatic rings. The highest BCUT2D eigenvalue weighted by molar-refractivity contribution is 6.30. The summed E-state index contributed by atoms with van der Waals surface area (Å²) in [6.07, 6.45) is 2.56. The third kappa shape index (κ3) is 4.82. The van der Waals surface area contributed by atoms with Crippen LogP contribution in [0, 0.1) is 17.1 Å². The summed E-state index contributed by atoms with van der Waals surface area (Å²) in [6, 6.07) is 4.21. The Bertz CT molecular complexity index is 581. The van der Waals surface area contributed by atoms with E-state index >= 15 is 0 Å². The molecule has 7 heteroatoms. The lowest BCUT2D eigenvalue weighted by Gasteiger charge is -2.33. The van der Waals surface area contributed by atoms with Gasteiger partial charge in [0.25, 0.3) is 0 Å². The van der Waals surface area contributed by atoms with Crippen molar-refractivity contribution in [2.24, 2.45) is 5.92 Å². The fraction of sp³-hybridized carbons (Fsp3) is 0.500. The SMILES string of the molecule is CCCNC(=N)N1CCC[C@H](C(=O)Nc2ccc(Cl)c(F)c2)C1. The van der Waals surface area contributed by atoms with Crippen LogP contribution in [0.5, 0.6) is 0 Å².